The van der Waals surface area contributed by atoms with Crippen molar-refractivity contribution < 1.29 is 9.59 Å². The van der Waals surface area contributed by atoms with Crippen LogP contribution in [0.2, 0.25) is 5.02 Å². The molecule has 2 aliphatic rings. The lowest BCUT2D eigenvalue weighted by atomic mass is 9.84. The van der Waals surface area contributed by atoms with Gasteiger partial charge in [-0.2, -0.15) is 0 Å². The zero-order valence-electron chi connectivity index (χ0n) is 12.6. The van der Waals surface area contributed by atoms with Crippen LogP contribution in [0, 0.1) is 0 Å². The number of halogens is 1. The summed E-state index contributed by atoms with van der Waals surface area (Å²) in [6.45, 7) is 0.242. The van der Waals surface area contributed by atoms with Crippen LogP contribution in [0.4, 0.5) is 4.79 Å². The van der Waals surface area contributed by atoms with Crippen LogP contribution in [0.25, 0.3) is 0 Å². The molecule has 1 spiro atoms. The maximum absolute atomic E-state index is 12.9. The van der Waals surface area contributed by atoms with Crippen molar-refractivity contribution >= 4 is 23.5 Å². The predicted molar refractivity (Wildman–Crippen MR) is 85.6 cm³/mol. The summed E-state index contributed by atoms with van der Waals surface area (Å²) in [5.74, 6) is -0.0840. The zero-order valence-corrected chi connectivity index (χ0v) is 13.4. The Bertz CT molecular complexity index is 580. The number of hydrogen-bond donors (Lipinski definition) is 1. The van der Waals surface area contributed by atoms with Gasteiger partial charge in [-0.15, -0.1) is 0 Å². The number of nitrogens with one attached hydrogen (secondary N) is 1. The third-order valence-corrected chi connectivity index (χ3v) is 5.11. The van der Waals surface area contributed by atoms with Gasteiger partial charge in [-0.25, -0.2) is 4.79 Å². The van der Waals surface area contributed by atoms with Crippen LogP contribution >= 0.6 is 11.6 Å². The summed E-state index contributed by atoms with van der Waals surface area (Å²) >= 11 is 6.15. The van der Waals surface area contributed by atoms with E-state index in [2.05, 4.69) is 5.32 Å². The molecule has 2 fully saturated rings. The molecular formula is C17H21ClN2O2. The van der Waals surface area contributed by atoms with Gasteiger partial charge >= 0.3 is 6.03 Å². The summed E-state index contributed by atoms with van der Waals surface area (Å²) in [5, 5.41) is 3.56. The Labute approximate surface area is 135 Å². The Morgan fingerprint density at radius 2 is 1.68 bits per heavy atom. The van der Waals surface area contributed by atoms with Crippen LogP contribution in [-0.4, -0.2) is 22.4 Å². The molecule has 3 amide bonds. The van der Waals surface area contributed by atoms with Crippen molar-refractivity contribution in [3.05, 3.63) is 34.9 Å². The van der Waals surface area contributed by atoms with Crippen molar-refractivity contribution in [3.63, 3.8) is 0 Å². The molecule has 1 heterocycles. The lowest BCUT2D eigenvalue weighted by Crippen LogP contribution is -2.47. The molecule has 0 atom stereocenters. The van der Waals surface area contributed by atoms with Gasteiger partial charge < -0.3 is 5.32 Å². The van der Waals surface area contributed by atoms with Gasteiger partial charge in [0.2, 0.25) is 0 Å². The van der Waals surface area contributed by atoms with Crippen molar-refractivity contribution in [2.45, 2.75) is 57.0 Å². The lowest BCUT2D eigenvalue weighted by molar-refractivity contribution is -0.132. The van der Waals surface area contributed by atoms with Crippen molar-refractivity contribution in [1.29, 1.82) is 0 Å². The van der Waals surface area contributed by atoms with Crippen LogP contribution in [0.3, 0.4) is 0 Å². The summed E-state index contributed by atoms with van der Waals surface area (Å²) in [6.07, 6.45) is 6.97. The van der Waals surface area contributed by atoms with E-state index in [0.29, 0.717) is 5.02 Å². The van der Waals surface area contributed by atoms with Gasteiger partial charge in [-0.3, -0.25) is 9.69 Å². The minimum absolute atomic E-state index is 0.0840. The molecule has 1 aromatic rings. The first-order valence-electron chi connectivity index (χ1n) is 8.00. The third kappa shape index (κ3) is 2.84. The van der Waals surface area contributed by atoms with E-state index in [1.807, 2.05) is 18.2 Å². The summed E-state index contributed by atoms with van der Waals surface area (Å²) < 4.78 is 0. The number of urea groups is 1. The SMILES string of the molecule is O=C1NC2(CCCCCCC2)C(=O)N1Cc1ccccc1Cl. The molecule has 0 bridgehead atoms. The van der Waals surface area contributed by atoms with E-state index in [1.54, 1.807) is 6.07 Å². The molecule has 1 saturated heterocycles. The Morgan fingerprint density at radius 3 is 2.36 bits per heavy atom. The van der Waals surface area contributed by atoms with Gasteiger partial charge in [0.25, 0.3) is 5.91 Å². The monoisotopic (exact) mass is 320 g/mol. The minimum Gasteiger partial charge on any atom is -0.323 e. The van der Waals surface area contributed by atoms with Gasteiger partial charge in [0, 0.05) is 5.02 Å². The quantitative estimate of drug-likeness (QED) is 0.841. The summed E-state index contributed by atoms with van der Waals surface area (Å²) in [4.78, 5) is 26.5. The van der Waals surface area contributed by atoms with Crippen LogP contribution in [0.15, 0.2) is 24.3 Å². The summed E-state index contributed by atoms with van der Waals surface area (Å²) in [6, 6.07) is 7.05. The normalized spacial score (nSPS) is 21.6. The third-order valence-electron chi connectivity index (χ3n) is 4.74. The molecule has 4 nitrogen and oxygen atoms in total. The maximum atomic E-state index is 12.9. The zero-order chi connectivity index (χ0) is 15.6. The number of rotatable bonds is 2. The number of carbonyl (C=O) groups is 2. The van der Waals surface area contributed by atoms with E-state index in [9.17, 15) is 9.59 Å². The molecule has 0 unspecified atom stereocenters. The average Bonchev–Trinajstić information content (AvgIpc) is 2.70. The Hall–Kier alpha value is -1.55. The molecule has 1 aliphatic heterocycles. The van der Waals surface area contributed by atoms with E-state index in [1.165, 1.54) is 11.3 Å². The number of amides is 3. The molecule has 1 N–H and O–H groups in total. The van der Waals surface area contributed by atoms with Gasteiger partial charge in [-0.1, -0.05) is 61.9 Å². The van der Waals surface area contributed by atoms with Gasteiger partial charge in [0.15, 0.2) is 0 Å². The Balaban J connectivity index is 1.80. The average molecular weight is 321 g/mol. The topological polar surface area (TPSA) is 49.4 Å². The molecule has 1 aliphatic carbocycles. The fraction of sp³-hybridized carbons (Fsp3) is 0.529. The highest BCUT2D eigenvalue weighted by Gasteiger charge is 2.50. The number of imide groups is 1. The van der Waals surface area contributed by atoms with Crippen molar-refractivity contribution in [3.8, 4) is 0 Å². The smallest absolute Gasteiger partial charge is 0.323 e. The van der Waals surface area contributed by atoms with E-state index in [0.717, 1.165) is 44.1 Å². The second kappa shape index (κ2) is 6.29. The molecule has 1 aromatic carbocycles. The van der Waals surface area contributed by atoms with Crippen LogP contribution < -0.4 is 5.32 Å². The van der Waals surface area contributed by atoms with Crippen molar-refractivity contribution in [1.82, 2.24) is 10.2 Å². The summed E-state index contributed by atoms with van der Waals surface area (Å²) in [5.41, 5.74) is 0.120. The number of carbonyl (C=O) groups excluding carboxylic acids is 2. The second-order valence-electron chi connectivity index (χ2n) is 6.26. The predicted octanol–water partition coefficient (Wildman–Crippen LogP) is 3.87. The van der Waals surface area contributed by atoms with Crippen molar-refractivity contribution in [2.24, 2.45) is 0 Å². The van der Waals surface area contributed by atoms with Crippen molar-refractivity contribution in [2.75, 3.05) is 0 Å². The highest BCUT2D eigenvalue weighted by atomic mass is 35.5. The molecule has 118 valence electrons. The Morgan fingerprint density at radius 1 is 1.05 bits per heavy atom. The van der Waals surface area contributed by atoms with Crippen LogP contribution in [-0.2, 0) is 11.3 Å². The Kier molecular flexibility index (Phi) is 4.39. The lowest BCUT2D eigenvalue weighted by Gasteiger charge is -2.28. The van der Waals surface area contributed by atoms with E-state index >= 15 is 0 Å². The highest BCUT2D eigenvalue weighted by molar-refractivity contribution is 6.31. The standard InChI is InChI=1S/C17H21ClN2O2/c18-14-9-5-4-8-13(14)12-20-15(21)17(19-16(20)22)10-6-2-1-3-7-11-17/h4-5,8-9H,1-3,6-7,10-12H2,(H,19,22). The molecule has 5 heteroatoms. The van der Waals surface area contributed by atoms with E-state index < -0.39 is 5.54 Å². The molecule has 0 aromatic heterocycles. The highest BCUT2D eigenvalue weighted by Crippen LogP contribution is 2.33. The fourth-order valence-corrected chi connectivity index (χ4v) is 3.66. The molecule has 3 rings (SSSR count). The van der Waals surface area contributed by atoms with Gasteiger partial charge in [0.1, 0.15) is 5.54 Å². The first-order chi connectivity index (χ1) is 10.6. The maximum Gasteiger partial charge on any atom is 0.325 e. The first kappa shape index (κ1) is 15.3. The molecule has 1 saturated carbocycles. The number of nitrogens with zero attached hydrogens (tertiary/aromatic N) is 1. The van der Waals surface area contributed by atoms with Crippen LogP contribution in [0.1, 0.15) is 50.5 Å². The van der Waals surface area contributed by atoms with E-state index in [-0.39, 0.29) is 18.5 Å². The number of benzene rings is 1. The first-order valence-corrected chi connectivity index (χ1v) is 8.38. The second-order valence-corrected chi connectivity index (χ2v) is 6.67. The fourth-order valence-electron chi connectivity index (χ4n) is 3.46. The number of hydrogen-bond acceptors (Lipinski definition) is 2. The van der Waals surface area contributed by atoms with Crippen LogP contribution in [0.5, 0.6) is 0 Å². The van der Waals surface area contributed by atoms with E-state index in [4.69, 9.17) is 11.6 Å². The largest absolute Gasteiger partial charge is 0.325 e. The summed E-state index contributed by atoms with van der Waals surface area (Å²) in [7, 11) is 0. The molecule has 0 radical (unpaired) electrons. The minimum atomic E-state index is -0.682. The van der Waals surface area contributed by atoms with Gasteiger partial charge in [0.05, 0.1) is 6.54 Å². The van der Waals surface area contributed by atoms with Gasteiger partial charge in [-0.05, 0) is 24.5 Å². The molecular weight excluding hydrogens is 300 g/mol. The molecule has 22 heavy (non-hydrogen) atoms.